The maximum absolute atomic E-state index is 14.0. The van der Waals surface area contributed by atoms with Crippen molar-refractivity contribution in [1.29, 1.82) is 0 Å². The van der Waals surface area contributed by atoms with E-state index in [0.717, 1.165) is 35.5 Å². The highest BCUT2D eigenvalue weighted by Gasteiger charge is 2.36. The number of nitrogens with one attached hydrogen (secondary N) is 2. The van der Waals surface area contributed by atoms with Crippen molar-refractivity contribution in [2.45, 2.75) is 38.1 Å². The van der Waals surface area contributed by atoms with Gasteiger partial charge in [0.25, 0.3) is 0 Å². The Morgan fingerprint density at radius 3 is 2.42 bits per heavy atom. The van der Waals surface area contributed by atoms with Gasteiger partial charge in [0.05, 0.1) is 17.4 Å². The van der Waals surface area contributed by atoms with Crippen LogP contribution in [0.5, 0.6) is 0 Å². The maximum atomic E-state index is 14.0. The second kappa shape index (κ2) is 8.03. The fraction of sp³-hybridized carbons (Fsp3) is 0.222. The Kier molecular flexibility index (Phi) is 5.06. The zero-order chi connectivity index (χ0) is 21.4. The van der Waals surface area contributed by atoms with E-state index in [4.69, 9.17) is 0 Å². The van der Waals surface area contributed by atoms with E-state index >= 15 is 0 Å². The third-order valence-corrected chi connectivity index (χ3v) is 6.35. The molecule has 1 heterocycles. The number of rotatable bonds is 3. The lowest BCUT2D eigenvalue weighted by Gasteiger charge is -2.30. The number of allylic oxidation sites excluding steroid dienone is 1. The quantitative estimate of drug-likeness (QED) is 0.525. The number of carbonyl (C=O) groups is 1. The second-order valence-corrected chi connectivity index (χ2v) is 8.32. The minimum Gasteiger partial charge on any atom is -0.372 e. The Labute approximate surface area is 182 Å². The van der Waals surface area contributed by atoms with Crippen LogP contribution in [0.25, 0.3) is 0 Å². The number of ketones is 1. The van der Waals surface area contributed by atoms with E-state index in [1.165, 1.54) is 23.3 Å². The number of para-hydroxylation sites is 2. The molecular weight excluding hydrogens is 387 g/mol. The van der Waals surface area contributed by atoms with Crippen LogP contribution in [0.1, 0.15) is 48.4 Å². The van der Waals surface area contributed by atoms with Gasteiger partial charge in [-0.1, -0.05) is 55.5 Å². The van der Waals surface area contributed by atoms with Gasteiger partial charge < -0.3 is 10.6 Å². The third-order valence-electron chi connectivity index (χ3n) is 6.35. The van der Waals surface area contributed by atoms with Crippen LogP contribution in [0.4, 0.5) is 15.8 Å². The average molecular weight is 413 g/mol. The van der Waals surface area contributed by atoms with Gasteiger partial charge in [0.15, 0.2) is 5.78 Å². The van der Waals surface area contributed by atoms with Crippen molar-refractivity contribution in [1.82, 2.24) is 0 Å². The molecule has 0 bridgehead atoms. The lowest BCUT2D eigenvalue weighted by atomic mass is 9.78. The van der Waals surface area contributed by atoms with Gasteiger partial charge in [-0.15, -0.1) is 0 Å². The van der Waals surface area contributed by atoms with Crippen LogP contribution in [0.3, 0.4) is 0 Å². The molecule has 0 fully saturated rings. The van der Waals surface area contributed by atoms with Gasteiger partial charge in [0, 0.05) is 17.7 Å². The molecule has 2 N–H and O–H groups in total. The van der Waals surface area contributed by atoms with Gasteiger partial charge in [0.1, 0.15) is 5.82 Å². The maximum Gasteiger partial charge on any atom is 0.163 e. The van der Waals surface area contributed by atoms with Crippen LogP contribution in [0, 0.1) is 5.82 Å². The van der Waals surface area contributed by atoms with Crippen LogP contribution in [-0.2, 0) is 11.2 Å². The molecule has 156 valence electrons. The molecule has 0 radical (unpaired) electrons. The Balaban J connectivity index is 1.58. The van der Waals surface area contributed by atoms with E-state index in [1.54, 1.807) is 6.07 Å². The first-order chi connectivity index (χ1) is 15.1. The minimum absolute atomic E-state index is 0.105. The Bertz CT molecular complexity index is 1170. The summed E-state index contributed by atoms with van der Waals surface area (Å²) < 4.78 is 14.0. The molecule has 3 nitrogen and oxygen atoms in total. The molecule has 3 aromatic rings. The first-order valence-corrected chi connectivity index (χ1v) is 10.9. The standard InChI is InChI=1S/C27H25FN2O/c1-2-17-10-12-18(13-11-17)20-15-24-26(25(31)16-20)27(19-6-5-7-21(28)14-19)30-23-9-4-3-8-22(23)29-24/h3-14,20,27,29-30H,2,15-16H2,1H3. The Morgan fingerprint density at radius 2 is 1.68 bits per heavy atom. The highest BCUT2D eigenvalue weighted by atomic mass is 19.1. The topological polar surface area (TPSA) is 41.1 Å². The van der Waals surface area contributed by atoms with Crippen molar-refractivity contribution in [3.8, 4) is 0 Å². The molecule has 4 heteroatoms. The van der Waals surface area contributed by atoms with Gasteiger partial charge in [-0.25, -0.2) is 4.39 Å². The predicted molar refractivity (Wildman–Crippen MR) is 123 cm³/mol. The number of benzene rings is 3. The van der Waals surface area contributed by atoms with E-state index in [-0.39, 0.29) is 17.5 Å². The number of Topliss-reactive ketones (excluding diaryl/α,β-unsaturated/α-hetero) is 1. The molecule has 0 saturated carbocycles. The van der Waals surface area contributed by atoms with Crippen molar-refractivity contribution in [3.05, 3.63) is 107 Å². The summed E-state index contributed by atoms with van der Waals surface area (Å²) in [5.41, 5.74) is 6.71. The largest absolute Gasteiger partial charge is 0.372 e. The van der Waals surface area contributed by atoms with E-state index < -0.39 is 6.04 Å². The molecule has 1 aliphatic heterocycles. The molecule has 31 heavy (non-hydrogen) atoms. The summed E-state index contributed by atoms with van der Waals surface area (Å²) >= 11 is 0. The number of hydrogen-bond acceptors (Lipinski definition) is 3. The lowest BCUT2D eigenvalue weighted by molar-refractivity contribution is -0.116. The van der Waals surface area contributed by atoms with Gasteiger partial charge >= 0.3 is 0 Å². The predicted octanol–water partition coefficient (Wildman–Crippen LogP) is 6.37. The van der Waals surface area contributed by atoms with Crippen LogP contribution in [0.15, 0.2) is 84.1 Å². The van der Waals surface area contributed by atoms with Crippen LogP contribution >= 0.6 is 0 Å². The fourth-order valence-corrected chi connectivity index (χ4v) is 4.69. The summed E-state index contributed by atoms with van der Waals surface area (Å²) in [4.78, 5) is 13.5. The van der Waals surface area contributed by atoms with E-state index in [9.17, 15) is 9.18 Å². The van der Waals surface area contributed by atoms with Crippen LogP contribution < -0.4 is 10.6 Å². The van der Waals surface area contributed by atoms with Crippen molar-refractivity contribution >= 4 is 17.2 Å². The molecule has 0 spiro atoms. The molecule has 5 rings (SSSR count). The summed E-state index contributed by atoms with van der Waals surface area (Å²) in [6.45, 7) is 2.14. The zero-order valence-electron chi connectivity index (χ0n) is 17.5. The number of halogens is 1. The number of hydrogen-bond donors (Lipinski definition) is 2. The Hall–Kier alpha value is -3.40. The van der Waals surface area contributed by atoms with Crippen LogP contribution in [-0.4, -0.2) is 5.78 Å². The summed E-state index contributed by atoms with van der Waals surface area (Å²) in [6, 6.07) is 22.6. The van der Waals surface area contributed by atoms with E-state index in [1.807, 2.05) is 30.3 Å². The number of anilines is 2. The van der Waals surface area contributed by atoms with Crippen molar-refractivity contribution in [2.24, 2.45) is 0 Å². The normalized spacial score (nSPS) is 20.3. The molecule has 2 aliphatic rings. The van der Waals surface area contributed by atoms with Crippen molar-refractivity contribution < 1.29 is 9.18 Å². The monoisotopic (exact) mass is 412 g/mol. The molecule has 0 aromatic heterocycles. The van der Waals surface area contributed by atoms with Crippen molar-refractivity contribution in [2.75, 3.05) is 10.6 Å². The summed E-state index contributed by atoms with van der Waals surface area (Å²) in [5, 5.41) is 7.03. The van der Waals surface area contributed by atoms with Crippen molar-refractivity contribution in [3.63, 3.8) is 0 Å². The van der Waals surface area contributed by atoms with Gasteiger partial charge in [-0.05, 0) is 59.7 Å². The zero-order valence-corrected chi connectivity index (χ0v) is 17.5. The Morgan fingerprint density at radius 1 is 0.903 bits per heavy atom. The molecular formula is C27H25FN2O. The average Bonchev–Trinajstić information content (AvgIpc) is 2.96. The fourth-order valence-electron chi connectivity index (χ4n) is 4.69. The van der Waals surface area contributed by atoms with Gasteiger partial charge in [0.2, 0.25) is 0 Å². The lowest BCUT2D eigenvalue weighted by Crippen LogP contribution is -2.27. The highest BCUT2D eigenvalue weighted by Crippen LogP contribution is 2.44. The summed E-state index contributed by atoms with van der Waals surface area (Å²) in [7, 11) is 0. The van der Waals surface area contributed by atoms with Gasteiger partial charge in [-0.2, -0.15) is 0 Å². The molecule has 2 atom stereocenters. The SMILES string of the molecule is CCc1ccc(C2CC(=O)C3=C(C2)Nc2ccccc2NC3c2cccc(F)c2)cc1. The summed E-state index contributed by atoms with van der Waals surface area (Å²) in [6.07, 6.45) is 2.20. The molecule has 2 unspecified atom stereocenters. The number of fused-ring (bicyclic) bond motifs is 1. The van der Waals surface area contributed by atoms with Crippen LogP contribution in [0.2, 0.25) is 0 Å². The first kappa shape index (κ1) is 19.6. The van der Waals surface area contributed by atoms with E-state index in [0.29, 0.717) is 12.0 Å². The third kappa shape index (κ3) is 3.74. The molecule has 1 aliphatic carbocycles. The minimum atomic E-state index is -0.391. The van der Waals surface area contributed by atoms with E-state index in [2.05, 4.69) is 41.8 Å². The summed E-state index contributed by atoms with van der Waals surface area (Å²) in [5.74, 6) is -0.0694. The number of aryl methyl sites for hydroxylation is 1. The molecule has 0 saturated heterocycles. The highest BCUT2D eigenvalue weighted by molar-refractivity contribution is 6.01. The number of carbonyl (C=O) groups excluding carboxylic acids is 1. The molecule has 3 aromatic carbocycles. The molecule has 0 amide bonds. The van der Waals surface area contributed by atoms with Gasteiger partial charge in [-0.3, -0.25) is 4.79 Å². The smallest absolute Gasteiger partial charge is 0.163 e. The second-order valence-electron chi connectivity index (χ2n) is 8.32. The first-order valence-electron chi connectivity index (χ1n) is 10.9.